The number of halogens is 1. The van der Waals surface area contributed by atoms with Gasteiger partial charge in [0.15, 0.2) is 0 Å². The predicted molar refractivity (Wildman–Crippen MR) is 100 cm³/mol. The molecule has 6 nitrogen and oxygen atoms in total. The molecule has 1 aliphatic rings. The number of dihydropyridines is 1. The Balaban J connectivity index is 1.82. The Bertz CT molecular complexity index is 888. The van der Waals surface area contributed by atoms with Crippen LogP contribution in [0.3, 0.4) is 0 Å². The lowest BCUT2D eigenvalue weighted by Gasteiger charge is -2.15. The van der Waals surface area contributed by atoms with Gasteiger partial charge in [0.25, 0.3) is 0 Å². The van der Waals surface area contributed by atoms with Crippen molar-refractivity contribution in [2.75, 3.05) is 20.2 Å². The molecule has 0 atom stereocenters. The third-order valence-electron chi connectivity index (χ3n) is 3.60. The van der Waals surface area contributed by atoms with E-state index in [1.165, 1.54) is 0 Å². The average Bonchev–Trinajstić information content (AvgIpc) is 2.64. The van der Waals surface area contributed by atoms with Gasteiger partial charge >= 0.3 is 0 Å². The zero-order valence-electron chi connectivity index (χ0n) is 13.7. The molecule has 0 radical (unpaired) electrons. The molecule has 0 amide bonds. The minimum Gasteiger partial charge on any atom is -0.490 e. The topological polar surface area (TPSA) is 82.9 Å². The van der Waals surface area contributed by atoms with Crippen molar-refractivity contribution in [1.29, 1.82) is 5.41 Å². The van der Waals surface area contributed by atoms with Gasteiger partial charge in [-0.1, -0.05) is 11.6 Å². The van der Waals surface area contributed by atoms with Crippen LogP contribution in [-0.4, -0.2) is 35.9 Å². The van der Waals surface area contributed by atoms with Crippen LogP contribution < -0.4 is 10.6 Å². The quantitative estimate of drug-likeness (QED) is 0.548. The Morgan fingerprint density at radius 2 is 2.32 bits per heavy atom. The van der Waals surface area contributed by atoms with Crippen LogP contribution in [0, 0.1) is 5.41 Å². The lowest BCUT2D eigenvalue weighted by Crippen LogP contribution is -2.18. The first-order valence-electron chi connectivity index (χ1n) is 7.77. The van der Waals surface area contributed by atoms with Crippen molar-refractivity contribution in [3.63, 3.8) is 0 Å². The number of nitrogens with one attached hydrogen (secondary N) is 3. The minimum absolute atomic E-state index is 0.163. The standard InChI is InChI=1S/C18H18ClN5O/c1-21-10-14(15(20)11-25-13-3-2-6-22-9-13)12-7-17-16(23-8-12)4-5-18(19)24-17/h2-8,10,20-22H,9,11H2,1H3/b14-10-,20-15?. The summed E-state index contributed by atoms with van der Waals surface area (Å²) in [5.41, 5.74) is 3.25. The van der Waals surface area contributed by atoms with Crippen molar-refractivity contribution in [2.45, 2.75) is 0 Å². The molecule has 25 heavy (non-hydrogen) atoms. The van der Waals surface area contributed by atoms with Crippen molar-refractivity contribution in [2.24, 2.45) is 0 Å². The first kappa shape index (κ1) is 17.0. The molecule has 1 aliphatic heterocycles. The van der Waals surface area contributed by atoms with Gasteiger partial charge in [-0.15, -0.1) is 0 Å². The Labute approximate surface area is 150 Å². The summed E-state index contributed by atoms with van der Waals surface area (Å²) < 4.78 is 5.70. The SMILES string of the molecule is CN/C=C(\C(=N)COC1=CC=CNC1)c1cnc2ccc(Cl)nc2c1. The lowest BCUT2D eigenvalue weighted by molar-refractivity contribution is 0.251. The molecule has 3 rings (SSSR count). The molecule has 128 valence electrons. The summed E-state index contributed by atoms with van der Waals surface area (Å²) >= 11 is 5.96. The molecule has 7 heteroatoms. The van der Waals surface area contributed by atoms with E-state index in [0.29, 0.717) is 28.5 Å². The highest BCUT2D eigenvalue weighted by Crippen LogP contribution is 2.20. The van der Waals surface area contributed by atoms with Crippen LogP contribution in [0.1, 0.15) is 5.56 Å². The fourth-order valence-corrected chi connectivity index (χ4v) is 2.56. The maximum Gasteiger partial charge on any atom is 0.130 e. The van der Waals surface area contributed by atoms with Crippen molar-refractivity contribution in [3.05, 3.63) is 65.4 Å². The van der Waals surface area contributed by atoms with Crippen LogP contribution in [0.25, 0.3) is 16.6 Å². The normalized spacial score (nSPS) is 14.0. The van der Waals surface area contributed by atoms with Crippen LogP contribution in [0.4, 0.5) is 0 Å². The third-order valence-corrected chi connectivity index (χ3v) is 3.81. The average molecular weight is 356 g/mol. The van der Waals surface area contributed by atoms with Crippen molar-refractivity contribution in [3.8, 4) is 0 Å². The maximum absolute atomic E-state index is 8.38. The summed E-state index contributed by atoms with van der Waals surface area (Å²) in [6, 6.07) is 5.40. The molecule has 2 aromatic rings. The Kier molecular flexibility index (Phi) is 5.30. The van der Waals surface area contributed by atoms with Gasteiger partial charge in [-0.3, -0.25) is 4.98 Å². The van der Waals surface area contributed by atoms with Crippen LogP contribution in [0.5, 0.6) is 0 Å². The van der Waals surface area contributed by atoms with Crippen LogP contribution in [0.2, 0.25) is 5.15 Å². The Morgan fingerprint density at radius 3 is 3.08 bits per heavy atom. The first-order chi connectivity index (χ1) is 12.2. The second-order valence-electron chi connectivity index (χ2n) is 5.38. The van der Waals surface area contributed by atoms with Crippen LogP contribution >= 0.6 is 11.6 Å². The van der Waals surface area contributed by atoms with Gasteiger partial charge in [-0.25, -0.2) is 4.98 Å². The zero-order valence-corrected chi connectivity index (χ0v) is 14.5. The highest BCUT2D eigenvalue weighted by atomic mass is 35.5. The van der Waals surface area contributed by atoms with E-state index in [-0.39, 0.29) is 6.61 Å². The molecule has 3 heterocycles. The number of ether oxygens (including phenoxy) is 1. The molecular formula is C18H18ClN5O. The van der Waals surface area contributed by atoms with E-state index in [2.05, 4.69) is 20.6 Å². The van der Waals surface area contributed by atoms with Crippen molar-refractivity contribution >= 4 is 33.9 Å². The van der Waals surface area contributed by atoms with E-state index in [1.54, 1.807) is 25.5 Å². The maximum atomic E-state index is 8.38. The van der Waals surface area contributed by atoms with Gasteiger partial charge in [0.2, 0.25) is 0 Å². The summed E-state index contributed by atoms with van der Waals surface area (Å²) in [4.78, 5) is 8.69. The van der Waals surface area contributed by atoms with Crippen LogP contribution in [-0.2, 0) is 4.74 Å². The number of hydrogen-bond donors (Lipinski definition) is 3. The summed E-state index contributed by atoms with van der Waals surface area (Å²) in [5.74, 6) is 0.793. The molecule has 3 N–H and O–H groups in total. The predicted octanol–water partition coefficient (Wildman–Crippen LogP) is 2.88. The Hall–Kier alpha value is -2.86. The molecule has 0 spiro atoms. The molecule has 0 unspecified atom stereocenters. The zero-order chi connectivity index (χ0) is 17.6. The van der Waals surface area contributed by atoms with Gasteiger partial charge in [-0.2, -0.15) is 0 Å². The van der Waals surface area contributed by atoms with Gasteiger partial charge in [0, 0.05) is 30.6 Å². The molecule has 0 saturated heterocycles. The number of fused-ring (bicyclic) bond motifs is 1. The molecule has 0 saturated carbocycles. The highest BCUT2D eigenvalue weighted by Gasteiger charge is 2.12. The van der Waals surface area contributed by atoms with E-state index in [1.807, 2.05) is 30.5 Å². The summed E-state index contributed by atoms with van der Waals surface area (Å²) in [7, 11) is 1.79. The van der Waals surface area contributed by atoms with E-state index >= 15 is 0 Å². The third kappa shape index (κ3) is 4.16. The molecule has 0 aromatic carbocycles. The molecule has 0 aliphatic carbocycles. The van der Waals surface area contributed by atoms with Crippen molar-refractivity contribution < 1.29 is 4.74 Å². The van der Waals surface area contributed by atoms with Gasteiger partial charge in [0.05, 0.1) is 23.3 Å². The minimum atomic E-state index is 0.163. The number of rotatable bonds is 6. The van der Waals surface area contributed by atoms with E-state index in [9.17, 15) is 0 Å². The summed E-state index contributed by atoms with van der Waals surface area (Å²) in [6.45, 7) is 0.782. The smallest absolute Gasteiger partial charge is 0.130 e. The number of aromatic nitrogens is 2. The van der Waals surface area contributed by atoms with Gasteiger partial charge < -0.3 is 20.8 Å². The summed E-state index contributed by atoms with van der Waals surface area (Å²) in [6.07, 6.45) is 9.08. The number of nitrogens with zero attached hydrogens (tertiary/aromatic N) is 2. The van der Waals surface area contributed by atoms with E-state index in [4.69, 9.17) is 21.7 Å². The fraction of sp³-hybridized carbons (Fsp3) is 0.167. The van der Waals surface area contributed by atoms with Crippen molar-refractivity contribution in [1.82, 2.24) is 20.6 Å². The monoisotopic (exact) mass is 355 g/mol. The largest absolute Gasteiger partial charge is 0.490 e. The first-order valence-corrected chi connectivity index (χ1v) is 8.15. The van der Waals surface area contributed by atoms with E-state index in [0.717, 1.165) is 16.8 Å². The number of allylic oxidation sites excluding steroid dienone is 2. The second kappa shape index (κ2) is 7.81. The molecular weight excluding hydrogens is 338 g/mol. The van der Waals surface area contributed by atoms with E-state index < -0.39 is 0 Å². The second-order valence-corrected chi connectivity index (χ2v) is 5.77. The summed E-state index contributed by atoms with van der Waals surface area (Å²) in [5, 5.41) is 14.8. The molecule has 0 bridgehead atoms. The molecule has 2 aromatic heterocycles. The molecule has 0 fully saturated rings. The van der Waals surface area contributed by atoms with Crippen LogP contribution in [0.15, 0.2) is 54.7 Å². The number of pyridine rings is 2. The fourth-order valence-electron chi connectivity index (χ4n) is 2.40. The lowest BCUT2D eigenvalue weighted by atomic mass is 10.0. The number of hydrogen-bond acceptors (Lipinski definition) is 6. The Morgan fingerprint density at radius 1 is 1.44 bits per heavy atom. The van der Waals surface area contributed by atoms with Gasteiger partial charge in [0.1, 0.15) is 17.5 Å². The van der Waals surface area contributed by atoms with Gasteiger partial charge in [-0.05, 0) is 36.6 Å². The highest BCUT2D eigenvalue weighted by molar-refractivity contribution is 6.29.